The van der Waals surface area contributed by atoms with Gasteiger partial charge in [-0.05, 0) is 141 Å². The summed E-state index contributed by atoms with van der Waals surface area (Å²) < 4.78 is 16.9. The van der Waals surface area contributed by atoms with Gasteiger partial charge in [-0.25, -0.2) is 0 Å². The zero-order chi connectivity index (χ0) is 59.9. The average molecular weight is 1150 g/mol. The van der Waals surface area contributed by atoms with Gasteiger partial charge in [-0.2, -0.15) is 0 Å². The third kappa shape index (κ3) is 68.2. The second kappa shape index (κ2) is 70.0. The number of hydrogen-bond acceptors (Lipinski definition) is 6. The lowest BCUT2D eigenvalue weighted by Crippen LogP contribution is -2.30. The van der Waals surface area contributed by atoms with E-state index in [1.165, 1.54) is 128 Å². The predicted octanol–water partition coefficient (Wildman–Crippen LogP) is 24.1. The van der Waals surface area contributed by atoms with E-state index < -0.39 is 6.10 Å². The summed E-state index contributed by atoms with van der Waals surface area (Å²) in [5.74, 6) is -0.912. The summed E-state index contributed by atoms with van der Waals surface area (Å²) in [5.41, 5.74) is 0. The van der Waals surface area contributed by atoms with Crippen LogP contribution in [0.5, 0.6) is 0 Å². The van der Waals surface area contributed by atoms with Crippen LogP contribution >= 0.6 is 0 Å². The molecule has 0 rings (SSSR count). The van der Waals surface area contributed by atoms with Crippen molar-refractivity contribution in [3.63, 3.8) is 0 Å². The molecule has 0 aromatic carbocycles. The van der Waals surface area contributed by atoms with Crippen LogP contribution in [0, 0.1) is 0 Å². The van der Waals surface area contributed by atoms with Crippen molar-refractivity contribution in [1.29, 1.82) is 0 Å². The lowest BCUT2D eigenvalue weighted by Gasteiger charge is -2.18. The van der Waals surface area contributed by atoms with E-state index in [2.05, 4.69) is 154 Å². The minimum Gasteiger partial charge on any atom is -0.462 e. The minimum absolute atomic E-state index is 0.0910. The van der Waals surface area contributed by atoms with Crippen LogP contribution in [0.25, 0.3) is 0 Å². The van der Waals surface area contributed by atoms with Crippen LogP contribution in [0.1, 0.15) is 316 Å². The molecule has 6 nitrogen and oxygen atoms in total. The van der Waals surface area contributed by atoms with E-state index in [0.717, 1.165) is 148 Å². The van der Waals surface area contributed by atoms with Crippen molar-refractivity contribution in [3.8, 4) is 0 Å². The Kier molecular flexibility index (Phi) is 66.3. The molecule has 0 fully saturated rings. The highest BCUT2D eigenvalue weighted by atomic mass is 16.6. The molecule has 0 saturated heterocycles. The van der Waals surface area contributed by atoms with Crippen LogP contribution in [-0.2, 0) is 28.6 Å². The van der Waals surface area contributed by atoms with Crippen LogP contribution in [0.15, 0.2) is 134 Å². The highest BCUT2D eigenvalue weighted by Crippen LogP contribution is 2.16. The van der Waals surface area contributed by atoms with Gasteiger partial charge in [0.15, 0.2) is 6.10 Å². The van der Waals surface area contributed by atoms with Gasteiger partial charge in [-0.3, -0.25) is 14.4 Å². The molecule has 0 spiro atoms. The fourth-order valence-corrected chi connectivity index (χ4v) is 9.43. The van der Waals surface area contributed by atoms with Gasteiger partial charge in [0.1, 0.15) is 13.2 Å². The molecular weight excluding hydrogens is 1020 g/mol. The van der Waals surface area contributed by atoms with E-state index >= 15 is 0 Å². The van der Waals surface area contributed by atoms with Gasteiger partial charge in [0, 0.05) is 19.3 Å². The maximum Gasteiger partial charge on any atom is 0.306 e. The Morgan fingerprint density at radius 3 is 0.735 bits per heavy atom. The molecule has 1 unspecified atom stereocenters. The third-order valence-corrected chi connectivity index (χ3v) is 14.6. The smallest absolute Gasteiger partial charge is 0.306 e. The molecule has 0 bridgehead atoms. The van der Waals surface area contributed by atoms with Crippen molar-refractivity contribution in [1.82, 2.24) is 0 Å². The molecule has 0 radical (unpaired) electrons. The van der Waals surface area contributed by atoms with Crippen LogP contribution < -0.4 is 0 Å². The molecule has 0 saturated carbocycles. The van der Waals surface area contributed by atoms with Gasteiger partial charge in [0.2, 0.25) is 0 Å². The van der Waals surface area contributed by atoms with Crippen molar-refractivity contribution >= 4 is 17.9 Å². The van der Waals surface area contributed by atoms with Crippen molar-refractivity contribution in [3.05, 3.63) is 134 Å². The summed E-state index contributed by atoms with van der Waals surface area (Å²) >= 11 is 0. The Morgan fingerprint density at radius 1 is 0.253 bits per heavy atom. The zero-order valence-corrected chi connectivity index (χ0v) is 54.2. The average Bonchev–Trinajstić information content (AvgIpc) is 3.49. The molecule has 0 aliphatic heterocycles. The first kappa shape index (κ1) is 78.5. The summed E-state index contributed by atoms with van der Waals surface area (Å²) in [4.78, 5) is 38.4. The molecule has 1 atom stereocenters. The molecule has 0 heterocycles. The van der Waals surface area contributed by atoms with Crippen LogP contribution in [0.4, 0.5) is 0 Å². The van der Waals surface area contributed by atoms with E-state index in [9.17, 15) is 14.4 Å². The molecule has 0 aromatic rings. The summed E-state index contributed by atoms with van der Waals surface area (Å²) in [5, 5.41) is 0. The summed E-state index contributed by atoms with van der Waals surface area (Å²) in [7, 11) is 0. The van der Waals surface area contributed by atoms with E-state index in [0.29, 0.717) is 19.3 Å². The maximum absolute atomic E-state index is 12.9. The summed E-state index contributed by atoms with van der Waals surface area (Å²) in [6.07, 6.45) is 98.9. The number of esters is 3. The topological polar surface area (TPSA) is 78.9 Å². The Morgan fingerprint density at radius 2 is 0.470 bits per heavy atom. The first-order valence-corrected chi connectivity index (χ1v) is 34.7. The normalized spacial score (nSPS) is 13.0. The molecule has 83 heavy (non-hydrogen) atoms. The first-order chi connectivity index (χ1) is 41.0. The molecule has 0 aliphatic rings. The fraction of sp³-hybridized carbons (Fsp3) is 0.675. The van der Waals surface area contributed by atoms with Crippen molar-refractivity contribution < 1.29 is 28.6 Å². The van der Waals surface area contributed by atoms with Crippen molar-refractivity contribution in [2.75, 3.05) is 13.2 Å². The highest BCUT2D eigenvalue weighted by molar-refractivity contribution is 5.71. The fourth-order valence-electron chi connectivity index (χ4n) is 9.43. The summed E-state index contributed by atoms with van der Waals surface area (Å²) in [6.45, 7) is 6.47. The standard InChI is InChI=1S/C77H128O6/c1-4-7-10-13-16-19-22-25-28-30-32-33-34-35-36-37-38-39-40-41-42-43-45-46-49-52-55-58-61-64-67-70-76(79)82-73-74(72-81-75(78)69-66-63-60-57-54-51-48-27-24-21-18-15-12-9-6-3)83-77(80)71-68-65-62-59-56-53-50-47-44-31-29-26-23-20-17-14-11-8-5-2/h7,10,16-21,25-29,32-33,35-36,38-39,44,47-48,74H,4-6,8-9,11-15,22-24,30-31,34,37,40-43,45-46,49-73H2,1-3H3/b10-7-,19-16-,20-17-,21-18-,28-25-,29-26-,33-32-,36-35-,39-38-,47-44-,48-27-. The molecule has 0 amide bonds. The number of hydrogen-bond donors (Lipinski definition) is 0. The Bertz CT molecular complexity index is 1750. The van der Waals surface area contributed by atoms with Crippen molar-refractivity contribution in [2.45, 2.75) is 322 Å². The lowest BCUT2D eigenvalue weighted by atomic mass is 10.0. The third-order valence-electron chi connectivity index (χ3n) is 14.6. The molecule has 0 aliphatic carbocycles. The van der Waals surface area contributed by atoms with Gasteiger partial charge < -0.3 is 14.2 Å². The lowest BCUT2D eigenvalue weighted by molar-refractivity contribution is -0.167. The molecule has 6 heteroatoms. The quantitative estimate of drug-likeness (QED) is 0.0261. The van der Waals surface area contributed by atoms with Gasteiger partial charge >= 0.3 is 17.9 Å². The monoisotopic (exact) mass is 1150 g/mol. The summed E-state index contributed by atoms with van der Waals surface area (Å²) in [6, 6.07) is 0. The maximum atomic E-state index is 12.9. The van der Waals surface area contributed by atoms with Gasteiger partial charge in [-0.15, -0.1) is 0 Å². The van der Waals surface area contributed by atoms with Gasteiger partial charge in [0.05, 0.1) is 0 Å². The van der Waals surface area contributed by atoms with Crippen LogP contribution in [0.3, 0.4) is 0 Å². The van der Waals surface area contributed by atoms with Gasteiger partial charge in [-0.1, -0.05) is 289 Å². The van der Waals surface area contributed by atoms with Gasteiger partial charge in [0.25, 0.3) is 0 Å². The van der Waals surface area contributed by atoms with Crippen molar-refractivity contribution in [2.24, 2.45) is 0 Å². The number of allylic oxidation sites excluding steroid dienone is 22. The molecule has 472 valence electrons. The largest absolute Gasteiger partial charge is 0.462 e. The Labute approximate surface area is 513 Å². The number of carbonyl (C=O) groups is 3. The Balaban J connectivity index is 4.33. The van der Waals surface area contributed by atoms with Crippen LogP contribution in [0.2, 0.25) is 0 Å². The predicted molar refractivity (Wildman–Crippen MR) is 362 cm³/mol. The minimum atomic E-state index is -0.797. The number of unbranched alkanes of at least 4 members (excludes halogenated alkanes) is 29. The molecule has 0 aromatic heterocycles. The Hall–Kier alpha value is -4.45. The number of carbonyl (C=O) groups excluding carboxylic acids is 3. The molecule has 0 N–H and O–H groups in total. The van der Waals surface area contributed by atoms with E-state index in [4.69, 9.17) is 14.2 Å². The van der Waals surface area contributed by atoms with E-state index in [-0.39, 0.29) is 31.1 Å². The number of ether oxygens (including phenoxy) is 3. The van der Waals surface area contributed by atoms with E-state index in [1.807, 2.05) is 0 Å². The highest BCUT2D eigenvalue weighted by Gasteiger charge is 2.19. The second-order valence-electron chi connectivity index (χ2n) is 22.7. The zero-order valence-electron chi connectivity index (χ0n) is 54.2. The first-order valence-electron chi connectivity index (χ1n) is 34.7. The number of rotatable bonds is 62. The SMILES string of the molecule is CC/C=C\C/C=C\C/C=C\C/C=C\C/C=C\C/C=C\CCCCCCCCCCCCCCC(=O)OCC(COC(=O)CCCCCCC/C=C\C/C=C\CCCCC)OC(=O)CCCCCCCC/C=C\C/C=C\C/C=C\CCCCC. The molecular formula is C77H128O6. The van der Waals surface area contributed by atoms with Crippen LogP contribution in [-0.4, -0.2) is 37.2 Å². The second-order valence-corrected chi connectivity index (χ2v) is 22.7. The van der Waals surface area contributed by atoms with E-state index in [1.54, 1.807) is 0 Å².